The van der Waals surface area contributed by atoms with Crippen LogP contribution in [0.1, 0.15) is 22.3 Å². The summed E-state index contributed by atoms with van der Waals surface area (Å²) in [5.41, 5.74) is 17.4. The Hall–Kier alpha value is -8.30. The highest BCUT2D eigenvalue weighted by Crippen LogP contribution is 2.60. The molecule has 0 saturated carbocycles. The third-order valence-electron chi connectivity index (χ3n) is 13.9. The number of benzene rings is 11. The molecular formula is C65H43NS. The van der Waals surface area contributed by atoms with E-state index in [0.717, 1.165) is 28.2 Å². The van der Waals surface area contributed by atoms with E-state index in [1.165, 1.54) is 86.6 Å². The van der Waals surface area contributed by atoms with Crippen molar-refractivity contribution in [3.8, 4) is 44.5 Å². The summed E-state index contributed by atoms with van der Waals surface area (Å²) in [5.74, 6) is 0. The fourth-order valence-corrected chi connectivity index (χ4v) is 12.3. The molecule has 0 fully saturated rings. The van der Waals surface area contributed by atoms with Crippen LogP contribution in [-0.2, 0) is 5.41 Å². The lowest BCUT2D eigenvalue weighted by Crippen LogP contribution is -2.28. The van der Waals surface area contributed by atoms with Crippen LogP contribution in [0.5, 0.6) is 0 Å². The first-order chi connectivity index (χ1) is 33.3. The van der Waals surface area contributed by atoms with E-state index in [2.05, 4.69) is 266 Å². The molecular weight excluding hydrogens is 827 g/mol. The second kappa shape index (κ2) is 16.0. The lowest BCUT2D eigenvalue weighted by atomic mass is 9.68. The Morgan fingerprint density at radius 2 is 0.896 bits per heavy atom. The number of fused-ring (bicyclic) bond motifs is 7. The van der Waals surface area contributed by atoms with Crippen molar-refractivity contribution < 1.29 is 0 Å². The molecule has 1 aliphatic carbocycles. The minimum atomic E-state index is -0.554. The Morgan fingerprint density at radius 1 is 0.328 bits per heavy atom. The Labute approximate surface area is 395 Å². The molecule has 11 aromatic carbocycles. The van der Waals surface area contributed by atoms with Crippen LogP contribution in [0.3, 0.4) is 0 Å². The fourth-order valence-electron chi connectivity index (χ4n) is 11.1. The normalized spacial score (nSPS) is 12.6. The van der Waals surface area contributed by atoms with Crippen LogP contribution in [0.25, 0.3) is 75.5 Å². The predicted molar refractivity (Wildman–Crippen MR) is 285 cm³/mol. The summed E-state index contributed by atoms with van der Waals surface area (Å²) in [4.78, 5) is 2.56. The molecule has 314 valence electrons. The first kappa shape index (κ1) is 39.1. The number of nitrogens with zero attached hydrogens (tertiary/aromatic N) is 1. The largest absolute Gasteiger partial charge is 0.309 e. The average molecular weight is 870 g/mol. The van der Waals surface area contributed by atoms with Gasteiger partial charge in [-0.3, -0.25) is 0 Å². The Kier molecular flexibility index (Phi) is 9.33. The van der Waals surface area contributed by atoms with E-state index in [1.807, 2.05) is 11.3 Å². The van der Waals surface area contributed by atoms with Gasteiger partial charge in [0.2, 0.25) is 0 Å². The molecule has 0 bridgehead atoms. The highest BCUT2D eigenvalue weighted by atomic mass is 32.1. The van der Waals surface area contributed by atoms with E-state index < -0.39 is 5.41 Å². The molecule has 0 amide bonds. The van der Waals surface area contributed by atoms with Crippen molar-refractivity contribution in [1.29, 1.82) is 0 Å². The van der Waals surface area contributed by atoms with Gasteiger partial charge in [-0.25, -0.2) is 0 Å². The van der Waals surface area contributed by atoms with Gasteiger partial charge in [-0.2, -0.15) is 0 Å². The van der Waals surface area contributed by atoms with Gasteiger partial charge in [-0.05, 0) is 96.7 Å². The topological polar surface area (TPSA) is 3.24 Å². The first-order valence-electron chi connectivity index (χ1n) is 23.1. The summed E-state index contributed by atoms with van der Waals surface area (Å²) in [5, 5.41) is 5.06. The Bertz CT molecular complexity index is 3770. The molecule has 1 nitrogen and oxygen atoms in total. The van der Waals surface area contributed by atoms with E-state index in [-0.39, 0.29) is 0 Å². The van der Waals surface area contributed by atoms with Gasteiger partial charge in [0, 0.05) is 37.0 Å². The fraction of sp³-hybridized carbons (Fsp3) is 0.0154. The maximum atomic E-state index is 2.56. The third kappa shape index (κ3) is 6.22. The molecule has 0 unspecified atom stereocenters. The SMILES string of the molecule is c1ccc(-c2ccc(-c3cccc4ccccc34)cc2N(c2cccc(-c3cccc4c3sc3ccccc34)c2)c2cccc3c2-c2ccccc2C3(c2ccccc2)c2ccccc2)cc1. The molecule has 0 aliphatic heterocycles. The van der Waals surface area contributed by atoms with Gasteiger partial charge in [-0.15, -0.1) is 11.3 Å². The van der Waals surface area contributed by atoms with Crippen molar-refractivity contribution in [3.05, 3.63) is 283 Å². The van der Waals surface area contributed by atoms with Crippen LogP contribution in [-0.4, -0.2) is 0 Å². The summed E-state index contributed by atoms with van der Waals surface area (Å²) in [6.45, 7) is 0. The zero-order chi connectivity index (χ0) is 44.3. The lowest BCUT2D eigenvalue weighted by Gasteiger charge is -2.35. The molecule has 67 heavy (non-hydrogen) atoms. The number of anilines is 3. The summed E-state index contributed by atoms with van der Waals surface area (Å²) in [6, 6.07) is 96.6. The van der Waals surface area contributed by atoms with E-state index in [4.69, 9.17) is 0 Å². The first-order valence-corrected chi connectivity index (χ1v) is 23.9. The van der Waals surface area contributed by atoms with Crippen LogP contribution in [0.4, 0.5) is 17.1 Å². The molecule has 0 saturated heterocycles. The monoisotopic (exact) mass is 869 g/mol. The van der Waals surface area contributed by atoms with Crippen molar-refractivity contribution in [1.82, 2.24) is 0 Å². The van der Waals surface area contributed by atoms with E-state index in [9.17, 15) is 0 Å². The summed E-state index contributed by atoms with van der Waals surface area (Å²) < 4.78 is 2.61. The summed E-state index contributed by atoms with van der Waals surface area (Å²) in [7, 11) is 0. The van der Waals surface area contributed by atoms with Crippen LogP contribution < -0.4 is 4.90 Å². The van der Waals surface area contributed by atoms with E-state index >= 15 is 0 Å². The third-order valence-corrected chi connectivity index (χ3v) is 15.2. The quantitative estimate of drug-likeness (QED) is 0.147. The highest BCUT2D eigenvalue weighted by Gasteiger charge is 2.47. The average Bonchev–Trinajstić information content (AvgIpc) is 3.94. The zero-order valence-electron chi connectivity index (χ0n) is 36.7. The van der Waals surface area contributed by atoms with Crippen molar-refractivity contribution in [2.45, 2.75) is 5.41 Å². The van der Waals surface area contributed by atoms with E-state index in [1.54, 1.807) is 0 Å². The summed E-state index contributed by atoms with van der Waals surface area (Å²) >= 11 is 1.88. The highest BCUT2D eigenvalue weighted by molar-refractivity contribution is 7.26. The maximum absolute atomic E-state index is 2.56. The number of hydrogen-bond donors (Lipinski definition) is 0. The number of rotatable bonds is 8. The molecule has 0 N–H and O–H groups in total. The van der Waals surface area contributed by atoms with Crippen LogP contribution in [0.2, 0.25) is 0 Å². The van der Waals surface area contributed by atoms with Gasteiger partial charge in [0.05, 0.1) is 16.8 Å². The molecule has 0 radical (unpaired) electrons. The van der Waals surface area contributed by atoms with Crippen LogP contribution in [0.15, 0.2) is 261 Å². The predicted octanol–water partition coefficient (Wildman–Crippen LogP) is 18.0. The minimum absolute atomic E-state index is 0.554. The van der Waals surface area contributed by atoms with E-state index in [0.29, 0.717) is 0 Å². The van der Waals surface area contributed by atoms with Gasteiger partial charge < -0.3 is 4.90 Å². The van der Waals surface area contributed by atoms with Crippen molar-refractivity contribution >= 4 is 59.3 Å². The molecule has 1 aliphatic rings. The number of thiophene rings is 1. The standard InChI is InChI=1S/C65H43NS/c1-4-20-45(21-5-1)53-41-40-47(52-33-17-23-44-22-10-11-30-51(44)52)43-61(53)66(50-29-16-24-46(42-50)54-34-18-35-56-55-31-13-15-39-62(55)67-64(54)56)60-38-19-37-59-63(60)57-32-12-14-36-58(57)65(59,48-25-6-2-7-26-48)49-27-8-3-9-28-49/h1-43H. The van der Waals surface area contributed by atoms with Gasteiger partial charge >= 0.3 is 0 Å². The van der Waals surface area contributed by atoms with Crippen molar-refractivity contribution in [2.24, 2.45) is 0 Å². The second-order valence-electron chi connectivity index (χ2n) is 17.5. The molecule has 1 heterocycles. The van der Waals surface area contributed by atoms with Gasteiger partial charge in [-0.1, -0.05) is 231 Å². The van der Waals surface area contributed by atoms with Crippen molar-refractivity contribution in [2.75, 3.05) is 4.90 Å². The molecule has 1 aromatic heterocycles. The Balaban J connectivity index is 1.13. The van der Waals surface area contributed by atoms with Gasteiger partial charge in [0.15, 0.2) is 0 Å². The van der Waals surface area contributed by atoms with Crippen molar-refractivity contribution in [3.63, 3.8) is 0 Å². The van der Waals surface area contributed by atoms with Crippen LogP contribution in [0, 0.1) is 0 Å². The Morgan fingerprint density at radius 3 is 1.72 bits per heavy atom. The lowest BCUT2D eigenvalue weighted by molar-refractivity contribution is 0.768. The second-order valence-corrected chi connectivity index (χ2v) is 18.6. The molecule has 2 heteroatoms. The minimum Gasteiger partial charge on any atom is -0.309 e. The summed E-state index contributed by atoms with van der Waals surface area (Å²) in [6.07, 6.45) is 0. The molecule has 0 spiro atoms. The smallest absolute Gasteiger partial charge is 0.0714 e. The zero-order valence-corrected chi connectivity index (χ0v) is 37.5. The molecule has 12 aromatic rings. The molecule has 0 atom stereocenters. The molecule has 13 rings (SSSR count). The maximum Gasteiger partial charge on any atom is 0.0714 e. The van der Waals surface area contributed by atoms with Crippen LogP contribution >= 0.6 is 11.3 Å². The van der Waals surface area contributed by atoms with Gasteiger partial charge in [0.1, 0.15) is 0 Å². The number of hydrogen-bond acceptors (Lipinski definition) is 2. The van der Waals surface area contributed by atoms with Gasteiger partial charge in [0.25, 0.3) is 0 Å².